The van der Waals surface area contributed by atoms with Gasteiger partial charge in [0.1, 0.15) is 12.4 Å². The number of carboxylic acids is 1. The number of ether oxygens (including phenoxy) is 1. The first-order valence-corrected chi connectivity index (χ1v) is 8.79. The molecule has 0 saturated carbocycles. The van der Waals surface area contributed by atoms with E-state index in [9.17, 15) is 4.79 Å². The minimum atomic E-state index is -0.782. The highest BCUT2D eigenvalue weighted by Gasteiger charge is 2.11. The quantitative estimate of drug-likeness (QED) is 0.648. The number of aryl methyl sites for hydroxylation is 2. The van der Waals surface area contributed by atoms with Gasteiger partial charge in [-0.2, -0.15) is 0 Å². The Morgan fingerprint density at radius 1 is 1.00 bits per heavy atom. The molecule has 1 aromatic heterocycles. The van der Waals surface area contributed by atoms with Crippen molar-refractivity contribution >= 4 is 5.97 Å². The van der Waals surface area contributed by atoms with Crippen molar-refractivity contribution in [2.75, 3.05) is 6.61 Å². The first kappa shape index (κ1) is 17.8. The van der Waals surface area contributed by atoms with E-state index in [0.29, 0.717) is 19.6 Å². The maximum absolute atomic E-state index is 11.0. The second-order valence-electron chi connectivity index (χ2n) is 6.24. The molecule has 0 amide bonds. The van der Waals surface area contributed by atoms with Crippen LogP contribution >= 0.6 is 0 Å². The molecule has 0 aliphatic heterocycles. The summed E-state index contributed by atoms with van der Waals surface area (Å²) in [6.45, 7) is 3.22. The number of benzene rings is 2. The summed E-state index contributed by atoms with van der Waals surface area (Å²) in [5.41, 5.74) is 4.32. The van der Waals surface area contributed by atoms with E-state index >= 15 is 0 Å². The van der Waals surface area contributed by atoms with Crippen LogP contribution in [-0.2, 0) is 17.8 Å². The first-order chi connectivity index (χ1) is 12.6. The molecule has 134 valence electrons. The van der Waals surface area contributed by atoms with Crippen LogP contribution in [0.25, 0.3) is 11.3 Å². The van der Waals surface area contributed by atoms with Crippen molar-refractivity contribution in [2.24, 2.45) is 0 Å². The molecule has 0 unspecified atom stereocenters. The Labute approximate surface area is 153 Å². The Hall–Kier alpha value is -3.01. The molecule has 0 aliphatic rings. The van der Waals surface area contributed by atoms with Gasteiger partial charge in [0.15, 0.2) is 0 Å². The molecule has 0 atom stereocenters. The molecule has 0 aliphatic carbocycles. The normalized spacial score (nSPS) is 10.7. The van der Waals surface area contributed by atoms with E-state index in [1.807, 2.05) is 55.5 Å². The molecule has 26 heavy (non-hydrogen) atoms. The summed E-state index contributed by atoms with van der Waals surface area (Å²) in [6.07, 6.45) is 0.628. The van der Waals surface area contributed by atoms with Gasteiger partial charge in [-0.05, 0) is 42.7 Å². The number of rotatable bonds is 8. The number of para-hydroxylation sites is 1. The maximum Gasteiger partial charge on any atom is 0.303 e. The van der Waals surface area contributed by atoms with Gasteiger partial charge in [0.05, 0.1) is 13.0 Å². The van der Waals surface area contributed by atoms with Crippen LogP contribution in [0.2, 0.25) is 0 Å². The van der Waals surface area contributed by atoms with E-state index in [2.05, 4.69) is 22.8 Å². The standard InChI is InChI=1S/C22H23NO3/c1-17-7-5-6-10-21(17)26-16-15-23-19(12-14-22(24)25)11-13-20(23)18-8-3-2-4-9-18/h2-11,13H,12,14-16H2,1H3,(H,24,25). The summed E-state index contributed by atoms with van der Waals surface area (Å²) in [7, 11) is 0. The Kier molecular flexibility index (Phi) is 5.74. The van der Waals surface area contributed by atoms with Gasteiger partial charge in [-0.25, -0.2) is 0 Å². The van der Waals surface area contributed by atoms with E-state index in [1.165, 1.54) is 0 Å². The summed E-state index contributed by atoms with van der Waals surface area (Å²) < 4.78 is 8.11. The second kappa shape index (κ2) is 8.39. The average molecular weight is 349 g/mol. The topological polar surface area (TPSA) is 51.5 Å². The minimum absolute atomic E-state index is 0.122. The highest BCUT2D eigenvalue weighted by Crippen LogP contribution is 2.24. The third kappa shape index (κ3) is 4.33. The lowest BCUT2D eigenvalue weighted by Crippen LogP contribution is -2.13. The molecule has 2 aromatic carbocycles. The molecule has 1 heterocycles. The SMILES string of the molecule is Cc1ccccc1OCCn1c(CCC(=O)O)ccc1-c1ccccc1. The largest absolute Gasteiger partial charge is 0.491 e. The van der Waals surface area contributed by atoms with Crippen molar-refractivity contribution in [3.63, 3.8) is 0 Å². The van der Waals surface area contributed by atoms with Crippen LogP contribution in [0, 0.1) is 6.92 Å². The van der Waals surface area contributed by atoms with Crippen molar-refractivity contribution in [3.05, 3.63) is 78.0 Å². The highest BCUT2D eigenvalue weighted by atomic mass is 16.5. The number of nitrogens with zero attached hydrogens (tertiary/aromatic N) is 1. The summed E-state index contributed by atoms with van der Waals surface area (Å²) in [6, 6.07) is 22.2. The van der Waals surface area contributed by atoms with Crippen molar-refractivity contribution in [1.82, 2.24) is 4.57 Å². The highest BCUT2D eigenvalue weighted by molar-refractivity contribution is 5.67. The molecule has 0 bridgehead atoms. The number of hydrogen-bond acceptors (Lipinski definition) is 2. The zero-order valence-electron chi connectivity index (χ0n) is 14.9. The van der Waals surface area contributed by atoms with E-state index in [-0.39, 0.29) is 6.42 Å². The number of aliphatic carboxylic acids is 1. The van der Waals surface area contributed by atoms with Crippen molar-refractivity contribution < 1.29 is 14.6 Å². The van der Waals surface area contributed by atoms with Crippen LogP contribution in [0.1, 0.15) is 17.7 Å². The van der Waals surface area contributed by atoms with Crippen molar-refractivity contribution in [1.29, 1.82) is 0 Å². The number of aromatic nitrogens is 1. The smallest absolute Gasteiger partial charge is 0.303 e. The Bertz CT molecular complexity index is 868. The average Bonchev–Trinajstić information content (AvgIpc) is 3.05. The molecule has 0 saturated heterocycles. The molecule has 1 N–H and O–H groups in total. The summed E-state index contributed by atoms with van der Waals surface area (Å²) in [4.78, 5) is 11.0. The zero-order chi connectivity index (χ0) is 18.4. The van der Waals surface area contributed by atoms with Crippen molar-refractivity contribution in [3.8, 4) is 17.0 Å². The third-order valence-electron chi connectivity index (χ3n) is 4.40. The number of carbonyl (C=O) groups is 1. The third-order valence-corrected chi connectivity index (χ3v) is 4.40. The summed E-state index contributed by atoms with van der Waals surface area (Å²) >= 11 is 0. The Balaban J connectivity index is 1.79. The monoisotopic (exact) mass is 349 g/mol. The molecule has 4 heteroatoms. The fraction of sp³-hybridized carbons (Fsp3) is 0.227. The molecule has 4 nitrogen and oxygen atoms in total. The number of carboxylic acid groups (broad SMARTS) is 1. The van der Waals surface area contributed by atoms with Gasteiger partial charge in [-0.1, -0.05) is 48.5 Å². The molecule has 3 rings (SSSR count). The Morgan fingerprint density at radius 2 is 1.73 bits per heavy atom. The van der Waals surface area contributed by atoms with Gasteiger partial charge in [-0.15, -0.1) is 0 Å². The molecule has 0 radical (unpaired) electrons. The van der Waals surface area contributed by atoms with E-state index < -0.39 is 5.97 Å². The molecule has 3 aromatic rings. The van der Waals surface area contributed by atoms with Gasteiger partial charge < -0.3 is 14.4 Å². The van der Waals surface area contributed by atoms with E-state index in [1.54, 1.807) is 0 Å². The molecular weight excluding hydrogens is 326 g/mol. The van der Waals surface area contributed by atoms with Gasteiger partial charge in [0.25, 0.3) is 0 Å². The van der Waals surface area contributed by atoms with Crippen molar-refractivity contribution in [2.45, 2.75) is 26.3 Å². The molecular formula is C22H23NO3. The van der Waals surface area contributed by atoms with E-state index in [0.717, 1.165) is 28.3 Å². The van der Waals surface area contributed by atoms with Crippen LogP contribution in [0.3, 0.4) is 0 Å². The fourth-order valence-electron chi connectivity index (χ4n) is 3.05. The van der Waals surface area contributed by atoms with E-state index in [4.69, 9.17) is 9.84 Å². The lowest BCUT2D eigenvalue weighted by Gasteiger charge is -2.15. The van der Waals surface area contributed by atoms with Gasteiger partial charge >= 0.3 is 5.97 Å². The predicted octanol–water partition coefficient (Wildman–Crippen LogP) is 4.56. The summed E-state index contributed by atoms with van der Waals surface area (Å²) in [5, 5.41) is 9.01. The van der Waals surface area contributed by atoms with Gasteiger partial charge in [0, 0.05) is 11.4 Å². The predicted molar refractivity (Wildman–Crippen MR) is 102 cm³/mol. The van der Waals surface area contributed by atoms with Crippen LogP contribution in [-0.4, -0.2) is 22.2 Å². The molecule has 0 fully saturated rings. The van der Waals surface area contributed by atoms with Crippen LogP contribution in [0.4, 0.5) is 0 Å². The van der Waals surface area contributed by atoms with Crippen LogP contribution in [0.15, 0.2) is 66.7 Å². The van der Waals surface area contributed by atoms with Crippen LogP contribution < -0.4 is 4.74 Å². The molecule has 0 spiro atoms. The minimum Gasteiger partial charge on any atom is -0.491 e. The fourth-order valence-corrected chi connectivity index (χ4v) is 3.05. The number of hydrogen-bond donors (Lipinski definition) is 1. The van der Waals surface area contributed by atoms with Gasteiger partial charge in [0.2, 0.25) is 0 Å². The Morgan fingerprint density at radius 3 is 2.46 bits per heavy atom. The zero-order valence-corrected chi connectivity index (χ0v) is 14.9. The lowest BCUT2D eigenvalue weighted by atomic mass is 10.1. The lowest BCUT2D eigenvalue weighted by molar-refractivity contribution is -0.136. The van der Waals surface area contributed by atoms with Gasteiger partial charge in [-0.3, -0.25) is 4.79 Å². The first-order valence-electron chi connectivity index (χ1n) is 8.79. The maximum atomic E-state index is 11.0. The second-order valence-corrected chi connectivity index (χ2v) is 6.24. The van der Waals surface area contributed by atoms with Crippen LogP contribution in [0.5, 0.6) is 5.75 Å². The summed E-state index contributed by atoms with van der Waals surface area (Å²) in [5.74, 6) is 0.100.